The van der Waals surface area contributed by atoms with E-state index in [9.17, 15) is 0 Å². The highest BCUT2D eigenvalue weighted by atomic mass is 32.2. The van der Waals surface area contributed by atoms with E-state index >= 15 is 0 Å². The van der Waals surface area contributed by atoms with Gasteiger partial charge in [0.15, 0.2) is 5.82 Å². The van der Waals surface area contributed by atoms with Gasteiger partial charge in [0, 0.05) is 43.1 Å². The van der Waals surface area contributed by atoms with E-state index in [4.69, 9.17) is 4.74 Å². The normalized spacial score (nSPS) is 21.9. The highest BCUT2D eigenvalue weighted by Crippen LogP contribution is 2.32. The van der Waals surface area contributed by atoms with Crippen LogP contribution in [0.25, 0.3) is 0 Å². The summed E-state index contributed by atoms with van der Waals surface area (Å²) in [7, 11) is 0. The van der Waals surface area contributed by atoms with Gasteiger partial charge in [0.05, 0.1) is 18.9 Å². The van der Waals surface area contributed by atoms with Crippen molar-refractivity contribution in [3.63, 3.8) is 0 Å². The Labute approximate surface area is 110 Å². The number of hydrogen-bond donors (Lipinski definition) is 0. The Morgan fingerprint density at radius 2 is 1.82 bits per heavy atom. The van der Waals surface area contributed by atoms with Crippen molar-refractivity contribution in [2.45, 2.75) is 0 Å². The average molecular weight is 271 g/mol. The fourth-order valence-electron chi connectivity index (χ4n) is 2.24. The summed E-state index contributed by atoms with van der Waals surface area (Å²) in [6, 6.07) is 0. The number of thioether (sulfide) groups is 1. The van der Waals surface area contributed by atoms with Crippen LogP contribution < -0.4 is 9.80 Å². The lowest BCUT2D eigenvalue weighted by Gasteiger charge is -2.32. The summed E-state index contributed by atoms with van der Waals surface area (Å²) in [6.07, 6.45) is 0. The Morgan fingerprint density at radius 3 is 2.59 bits per heavy atom. The van der Waals surface area contributed by atoms with Crippen molar-refractivity contribution in [1.82, 2.24) is 4.37 Å². The van der Waals surface area contributed by atoms with E-state index in [1.54, 1.807) is 11.5 Å². The Morgan fingerprint density at radius 1 is 1.06 bits per heavy atom. The van der Waals surface area contributed by atoms with Gasteiger partial charge in [-0.2, -0.15) is 16.1 Å². The molecule has 4 nitrogen and oxygen atoms in total. The first-order valence-electron chi connectivity index (χ1n) is 6.05. The number of morpholine rings is 1. The molecule has 6 heteroatoms. The third-order valence-corrected chi connectivity index (χ3v) is 4.74. The van der Waals surface area contributed by atoms with Crippen LogP contribution in [0.1, 0.15) is 0 Å². The Kier molecular flexibility index (Phi) is 3.73. The van der Waals surface area contributed by atoms with Gasteiger partial charge in [-0.05, 0) is 11.5 Å². The summed E-state index contributed by atoms with van der Waals surface area (Å²) in [4.78, 5) is 4.84. The molecule has 0 bridgehead atoms. The summed E-state index contributed by atoms with van der Waals surface area (Å²) >= 11 is 3.61. The van der Waals surface area contributed by atoms with Crippen molar-refractivity contribution < 1.29 is 4.74 Å². The monoisotopic (exact) mass is 271 g/mol. The summed E-state index contributed by atoms with van der Waals surface area (Å²) in [5.41, 5.74) is 1.31. The van der Waals surface area contributed by atoms with E-state index in [2.05, 4.69) is 19.6 Å². The quantitative estimate of drug-likeness (QED) is 0.813. The average Bonchev–Trinajstić information content (AvgIpc) is 2.90. The molecular formula is C11H17N3OS2. The van der Waals surface area contributed by atoms with E-state index in [-0.39, 0.29) is 0 Å². The number of anilines is 2. The van der Waals surface area contributed by atoms with Crippen LogP contribution in [0.3, 0.4) is 0 Å². The Bertz CT molecular complexity index is 327. The van der Waals surface area contributed by atoms with Gasteiger partial charge in [0.2, 0.25) is 0 Å². The first-order valence-corrected chi connectivity index (χ1v) is 8.04. The van der Waals surface area contributed by atoms with Gasteiger partial charge < -0.3 is 14.5 Å². The van der Waals surface area contributed by atoms with Gasteiger partial charge >= 0.3 is 0 Å². The Balaban J connectivity index is 1.77. The van der Waals surface area contributed by atoms with Crippen LogP contribution in [-0.4, -0.2) is 55.3 Å². The molecule has 1 aromatic heterocycles. The molecule has 94 valence electrons. The van der Waals surface area contributed by atoms with Crippen molar-refractivity contribution in [2.24, 2.45) is 0 Å². The molecule has 1 aromatic rings. The van der Waals surface area contributed by atoms with E-state index < -0.39 is 0 Å². The zero-order valence-electron chi connectivity index (χ0n) is 9.80. The molecule has 0 aliphatic carbocycles. The Hall–Kier alpha value is -0.460. The largest absolute Gasteiger partial charge is 0.378 e. The van der Waals surface area contributed by atoms with Crippen LogP contribution in [0, 0.1) is 0 Å². The second-order valence-electron chi connectivity index (χ2n) is 4.22. The predicted molar refractivity (Wildman–Crippen MR) is 74.7 cm³/mol. The molecule has 3 rings (SSSR count). The summed E-state index contributed by atoms with van der Waals surface area (Å²) < 4.78 is 10.00. The highest BCUT2D eigenvalue weighted by Gasteiger charge is 2.22. The van der Waals surface area contributed by atoms with E-state index in [1.165, 1.54) is 23.0 Å². The molecule has 2 saturated heterocycles. The van der Waals surface area contributed by atoms with Crippen LogP contribution in [0.15, 0.2) is 5.38 Å². The topological polar surface area (TPSA) is 28.6 Å². The maximum absolute atomic E-state index is 5.41. The van der Waals surface area contributed by atoms with Gasteiger partial charge in [0.25, 0.3) is 0 Å². The van der Waals surface area contributed by atoms with Crippen molar-refractivity contribution in [3.8, 4) is 0 Å². The molecule has 0 saturated carbocycles. The molecule has 17 heavy (non-hydrogen) atoms. The van der Waals surface area contributed by atoms with Crippen LogP contribution in [0.2, 0.25) is 0 Å². The molecular weight excluding hydrogens is 254 g/mol. The highest BCUT2D eigenvalue weighted by molar-refractivity contribution is 7.99. The fourth-order valence-corrected chi connectivity index (χ4v) is 3.86. The standard InChI is InChI=1S/C11H17N3OS2/c1-5-15-6-2-13(1)10-9-17-12-11(10)14-3-7-16-8-4-14/h9H,1-8H2. The van der Waals surface area contributed by atoms with Gasteiger partial charge in [0.1, 0.15) is 0 Å². The van der Waals surface area contributed by atoms with Gasteiger partial charge in [-0.1, -0.05) is 0 Å². The number of ether oxygens (including phenoxy) is 1. The van der Waals surface area contributed by atoms with Gasteiger partial charge in [-0.15, -0.1) is 0 Å². The van der Waals surface area contributed by atoms with Crippen molar-refractivity contribution in [3.05, 3.63) is 5.38 Å². The summed E-state index contributed by atoms with van der Waals surface area (Å²) in [6.45, 7) is 5.93. The van der Waals surface area contributed by atoms with Crippen LogP contribution >= 0.6 is 23.3 Å². The van der Waals surface area contributed by atoms with E-state index in [0.717, 1.165) is 39.4 Å². The van der Waals surface area contributed by atoms with Gasteiger partial charge in [-0.3, -0.25) is 0 Å². The molecule has 0 unspecified atom stereocenters. The third-order valence-electron chi connectivity index (χ3n) is 3.19. The van der Waals surface area contributed by atoms with Crippen molar-refractivity contribution >= 4 is 34.8 Å². The first kappa shape index (κ1) is 11.6. The third kappa shape index (κ3) is 2.53. The predicted octanol–water partition coefficient (Wildman–Crippen LogP) is 1.53. The maximum atomic E-state index is 5.41. The SMILES string of the molecule is c1snc(N2CCSCC2)c1N1CCOCC1. The second kappa shape index (κ2) is 5.46. The fraction of sp³-hybridized carbons (Fsp3) is 0.727. The zero-order valence-corrected chi connectivity index (χ0v) is 11.4. The minimum atomic E-state index is 0.838. The lowest BCUT2D eigenvalue weighted by molar-refractivity contribution is 0.123. The lowest BCUT2D eigenvalue weighted by Crippen LogP contribution is -2.38. The lowest BCUT2D eigenvalue weighted by atomic mass is 10.3. The molecule has 0 spiro atoms. The maximum Gasteiger partial charge on any atom is 0.165 e. The molecule has 0 amide bonds. The smallest absolute Gasteiger partial charge is 0.165 e. The number of nitrogens with zero attached hydrogens (tertiary/aromatic N) is 3. The zero-order chi connectivity index (χ0) is 11.5. The van der Waals surface area contributed by atoms with Crippen LogP contribution in [0.4, 0.5) is 11.5 Å². The molecule has 3 heterocycles. The summed E-state index contributed by atoms with van der Waals surface area (Å²) in [5.74, 6) is 3.64. The van der Waals surface area contributed by atoms with E-state index in [0.29, 0.717) is 0 Å². The number of aromatic nitrogens is 1. The molecule has 0 radical (unpaired) electrons. The van der Waals surface area contributed by atoms with Crippen molar-refractivity contribution in [1.29, 1.82) is 0 Å². The van der Waals surface area contributed by atoms with Crippen LogP contribution in [-0.2, 0) is 4.74 Å². The van der Waals surface area contributed by atoms with Crippen molar-refractivity contribution in [2.75, 3.05) is 60.7 Å². The molecule has 0 atom stereocenters. The minimum Gasteiger partial charge on any atom is -0.378 e. The molecule has 0 aromatic carbocycles. The minimum absolute atomic E-state index is 0.838. The first-order chi connectivity index (χ1) is 8.45. The molecule has 0 N–H and O–H groups in total. The molecule has 2 fully saturated rings. The molecule has 2 aliphatic rings. The van der Waals surface area contributed by atoms with E-state index in [1.807, 2.05) is 11.8 Å². The van der Waals surface area contributed by atoms with Crippen LogP contribution in [0.5, 0.6) is 0 Å². The number of hydrogen-bond acceptors (Lipinski definition) is 6. The molecule has 2 aliphatic heterocycles. The van der Waals surface area contributed by atoms with Gasteiger partial charge in [-0.25, -0.2) is 0 Å². The number of rotatable bonds is 2. The second-order valence-corrected chi connectivity index (χ2v) is 6.08. The summed E-state index contributed by atoms with van der Waals surface area (Å²) in [5, 5.41) is 2.18.